The van der Waals surface area contributed by atoms with Crippen LogP contribution in [0.3, 0.4) is 0 Å². The molecule has 1 saturated carbocycles. The van der Waals surface area contributed by atoms with Crippen LogP contribution in [0.25, 0.3) is 11.1 Å². The molecule has 1 N–H and O–H groups in total. The van der Waals surface area contributed by atoms with Gasteiger partial charge in [-0.25, -0.2) is 0 Å². The lowest BCUT2D eigenvalue weighted by molar-refractivity contribution is -0.119. The summed E-state index contributed by atoms with van der Waals surface area (Å²) in [6.07, 6.45) is 6.23. The molecule has 1 aromatic carbocycles. The number of nitrogens with zero attached hydrogens (tertiary/aromatic N) is 1. The zero-order chi connectivity index (χ0) is 14.7. The minimum atomic E-state index is 0.167. The van der Waals surface area contributed by atoms with Crippen LogP contribution in [-0.2, 0) is 4.79 Å². The monoisotopic (exact) mass is 280 g/mol. The average molecular weight is 280 g/mol. The Bertz CT molecular complexity index is 628. The molecule has 1 aliphatic rings. The van der Waals surface area contributed by atoms with Gasteiger partial charge in [0.25, 0.3) is 0 Å². The molecule has 1 aromatic heterocycles. The second-order valence-electron chi connectivity index (χ2n) is 5.73. The van der Waals surface area contributed by atoms with Gasteiger partial charge in [-0.3, -0.25) is 9.78 Å². The van der Waals surface area contributed by atoms with E-state index >= 15 is 0 Å². The van der Waals surface area contributed by atoms with Crippen molar-refractivity contribution in [1.82, 2.24) is 4.98 Å². The van der Waals surface area contributed by atoms with E-state index in [4.69, 9.17) is 0 Å². The van der Waals surface area contributed by atoms with Crippen LogP contribution in [0.15, 0.2) is 42.6 Å². The summed E-state index contributed by atoms with van der Waals surface area (Å²) in [5.74, 6) is 0.368. The van der Waals surface area contributed by atoms with E-state index in [-0.39, 0.29) is 11.8 Å². The minimum Gasteiger partial charge on any atom is -0.326 e. The molecule has 0 bridgehead atoms. The lowest BCUT2D eigenvalue weighted by Gasteiger charge is -2.11. The number of hydrogen-bond donors (Lipinski definition) is 1. The van der Waals surface area contributed by atoms with Crippen LogP contribution in [0.2, 0.25) is 0 Å². The number of pyridine rings is 1. The number of rotatable bonds is 3. The number of anilines is 1. The molecule has 108 valence electrons. The first-order chi connectivity index (χ1) is 10.2. The maximum Gasteiger partial charge on any atom is 0.227 e. The van der Waals surface area contributed by atoms with Gasteiger partial charge in [0.2, 0.25) is 5.91 Å². The maximum absolute atomic E-state index is 12.1. The highest BCUT2D eigenvalue weighted by molar-refractivity contribution is 5.92. The van der Waals surface area contributed by atoms with Crippen molar-refractivity contribution in [3.63, 3.8) is 0 Å². The van der Waals surface area contributed by atoms with E-state index in [0.29, 0.717) is 0 Å². The van der Waals surface area contributed by atoms with Gasteiger partial charge in [0.15, 0.2) is 0 Å². The number of aromatic nitrogens is 1. The van der Waals surface area contributed by atoms with Gasteiger partial charge in [0.05, 0.1) is 0 Å². The fourth-order valence-electron chi connectivity index (χ4n) is 2.90. The summed E-state index contributed by atoms with van der Waals surface area (Å²) in [5.41, 5.74) is 4.17. The fraction of sp³-hybridized carbons (Fsp3) is 0.333. The summed E-state index contributed by atoms with van der Waals surface area (Å²) in [7, 11) is 0. The third kappa shape index (κ3) is 3.30. The van der Waals surface area contributed by atoms with E-state index < -0.39 is 0 Å². The summed E-state index contributed by atoms with van der Waals surface area (Å²) in [6.45, 7) is 1.99. The number of hydrogen-bond acceptors (Lipinski definition) is 2. The van der Waals surface area contributed by atoms with Gasteiger partial charge in [-0.15, -0.1) is 0 Å². The number of aryl methyl sites for hydroxylation is 1. The highest BCUT2D eigenvalue weighted by atomic mass is 16.1. The van der Waals surface area contributed by atoms with Crippen LogP contribution in [-0.4, -0.2) is 10.9 Å². The third-order valence-electron chi connectivity index (χ3n) is 4.11. The van der Waals surface area contributed by atoms with Crippen LogP contribution in [0.1, 0.15) is 31.4 Å². The van der Waals surface area contributed by atoms with Crippen LogP contribution in [0.5, 0.6) is 0 Å². The van der Waals surface area contributed by atoms with E-state index in [2.05, 4.69) is 16.4 Å². The predicted molar refractivity (Wildman–Crippen MR) is 85.0 cm³/mol. The smallest absolute Gasteiger partial charge is 0.227 e. The van der Waals surface area contributed by atoms with Crippen molar-refractivity contribution >= 4 is 11.6 Å². The number of amides is 1. The van der Waals surface area contributed by atoms with Crippen molar-refractivity contribution in [2.45, 2.75) is 32.6 Å². The molecule has 3 nitrogen and oxygen atoms in total. The molecular weight excluding hydrogens is 260 g/mol. The van der Waals surface area contributed by atoms with Gasteiger partial charge in [-0.1, -0.05) is 25.0 Å². The van der Waals surface area contributed by atoms with E-state index in [1.165, 1.54) is 12.8 Å². The Kier molecular flexibility index (Phi) is 4.00. The van der Waals surface area contributed by atoms with Crippen LogP contribution in [0.4, 0.5) is 5.69 Å². The second-order valence-corrected chi connectivity index (χ2v) is 5.73. The molecule has 21 heavy (non-hydrogen) atoms. The lowest BCUT2D eigenvalue weighted by Crippen LogP contribution is -2.20. The summed E-state index contributed by atoms with van der Waals surface area (Å²) < 4.78 is 0. The summed E-state index contributed by atoms with van der Waals surface area (Å²) >= 11 is 0. The van der Waals surface area contributed by atoms with E-state index in [1.54, 1.807) is 0 Å². The van der Waals surface area contributed by atoms with Gasteiger partial charge in [-0.05, 0) is 55.2 Å². The molecule has 1 fully saturated rings. The Morgan fingerprint density at radius 1 is 1.10 bits per heavy atom. The molecule has 1 amide bonds. The molecule has 0 saturated heterocycles. The molecule has 0 unspecified atom stereocenters. The number of carbonyl (C=O) groups is 1. The molecule has 1 aliphatic carbocycles. The first-order valence-corrected chi connectivity index (χ1v) is 7.56. The Balaban J connectivity index is 1.70. The highest BCUT2D eigenvalue weighted by Crippen LogP contribution is 2.27. The van der Waals surface area contributed by atoms with Crippen molar-refractivity contribution < 1.29 is 4.79 Å². The Morgan fingerprint density at radius 3 is 2.48 bits per heavy atom. The van der Waals surface area contributed by atoms with Gasteiger partial charge in [0, 0.05) is 23.5 Å². The molecule has 3 heteroatoms. The lowest BCUT2D eigenvalue weighted by atomic mass is 10.1. The number of carbonyl (C=O) groups excluding carboxylic acids is 1. The average Bonchev–Trinajstić information content (AvgIpc) is 3.02. The first-order valence-electron chi connectivity index (χ1n) is 7.56. The van der Waals surface area contributed by atoms with Crippen molar-refractivity contribution in [2.24, 2.45) is 5.92 Å². The molecule has 0 aliphatic heterocycles. The zero-order valence-corrected chi connectivity index (χ0v) is 12.3. The highest BCUT2D eigenvalue weighted by Gasteiger charge is 2.22. The predicted octanol–water partition coefficient (Wildman–Crippen LogP) is 4.19. The standard InChI is InChI=1S/C18H20N2O/c1-13-12-16(10-11-19-13)14-6-8-17(9-7-14)20-18(21)15-4-2-3-5-15/h6-12,15H,2-5H2,1H3,(H,20,21). The van der Waals surface area contributed by atoms with Crippen molar-refractivity contribution in [3.05, 3.63) is 48.3 Å². The van der Waals surface area contributed by atoms with Crippen LogP contribution in [0, 0.1) is 12.8 Å². The normalized spacial score (nSPS) is 15.1. The van der Waals surface area contributed by atoms with Crippen molar-refractivity contribution in [3.8, 4) is 11.1 Å². The molecule has 1 heterocycles. The first kappa shape index (κ1) is 13.8. The summed E-state index contributed by atoms with van der Waals surface area (Å²) in [6, 6.07) is 12.1. The summed E-state index contributed by atoms with van der Waals surface area (Å²) in [4.78, 5) is 16.3. The number of nitrogens with one attached hydrogen (secondary N) is 1. The van der Waals surface area contributed by atoms with Crippen molar-refractivity contribution in [2.75, 3.05) is 5.32 Å². The van der Waals surface area contributed by atoms with Crippen LogP contribution < -0.4 is 5.32 Å². The Morgan fingerprint density at radius 2 is 1.81 bits per heavy atom. The SMILES string of the molecule is Cc1cc(-c2ccc(NC(=O)C3CCCC3)cc2)ccn1. The topological polar surface area (TPSA) is 42.0 Å². The summed E-state index contributed by atoms with van der Waals surface area (Å²) in [5, 5.41) is 3.02. The Hall–Kier alpha value is -2.16. The van der Waals surface area contributed by atoms with E-state index in [0.717, 1.165) is 35.3 Å². The molecule has 0 radical (unpaired) electrons. The second kappa shape index (κ2) is 6.08. The molecular formula is C18H20N2O. The minimum absolute atomic E-state index is 0.167. The molecule has 0 atom stereocenters. The fourth-order valence-corrected chi connectivity index (χ4v) is 2.90. The largest absolute Gasteiger partial charge is 0.326 e. The van der Waals surface area contributed by atoms with E-state index in [1.807, 2.05) is 43.5 Å². The van der Waals surface area contributed by atoms with Gasteiger partial charge in [0.1, 0.15) is 0 Å². The zero-order valence-electron chi connectivity index (χ0n) is 12.3. The van der Waals surface area contributed by atoms with Crippen molar-refractivity contribution in [1.29, 1.82) is 0 Å². The quantitative estimate of drug-likeness (QED) is 0.916. The van der Waals surface area contributed by atoms with Gasteiger partial charge < -0.3 is 5.32 Å². The van der Waals surface area contributed by atoms with Gasteiger partial charge >= 0.3 is 0 Å². The van der Waals surface area contributed by atoms with Gasteiger partial charge in [-0.2, -0.15) is 0 Å². The maximum atomic E-state index is 12.1. The third-order valence-corrected chi connectivity index (χ3v) is 4.11. The number of benzene rings is 1. The molecule has 3 rings (SSSR count). The van der Waals surface area contributed by atoms with E-state index in [9.17, 15) is 4.79 Å². The van der Waals surface area contributed by atoms with Crippen LogP contribution >= 0.6 is 0 Å². The molecule has 0 spiro atoms. The molecule has 2 aromatic rings. The Labute approximate surface area is 125 Å².